The zero-order valence-electron chi connectivity index (χ0n) is 8.65. The molecule has 92 valence electrons. The van der Waals surface area contributed by atoms with Crippen LogP contribution in [0.1, 0.15) is 17.0 Å². The van der Waals surface area contributed by atoms with Crippen LogP contribution in [0.5, 0.6) is 0 Å². The second-order valence-corrected chi connectivity index (χ2v) is 4.63. The van der Waals surface area contributed by atoms with Crippen molar-refractivity contribution in [2.75, 3.05) is 13.1 Å². The smallest absolute Gasteiger partial charge is 0.343 e. The number of hydrogen-bond acceptors (Lipinski definition) is 3. The second-order valence-electron chi connectivity index (χ2n) is 3.85. The van der Waals surface area contributed by atoms with Crippen molar-refractivity contribution >= 4 is 27.8 Å². The summed E-state index contributed by atoms with van der Waals surface area (Å²) in [6.45, 7) is -0.376. The fraction of sp³-hybridized carbons (Fsp3) is 0.400. The van der Waals surface area contributed by atoms with Crippen LogP contribution in [0.2, 0.25) is 0 Å². The Hall–Kier alpha value is -1.37. The largest absolute Gasteiger partial charge is 0.479 e. The third-order valence-corrected chi connectivity index (χ3v) is 3.10. The third kappa shape index (κ3) is 2.19. The quantitative estimate of drug-likeness (QED) is 0.902. The minimum absolute atomic E-state index is 0.0616. The van der Waals surface area contributed by atoms with Gasteiger partial charge in [0, 0.05) is 13.0 Å². The van der Waals surface area contributed by atoms with Crippen LogP contribution >= 0.6 is 15.9 Å². The highest BCUT2D eigenvalue weighted by atomic mass is 79.9. The van der Waals surface area contributed by atoms with Crippen molar-refractivity contribution in [1.29, 1.82) is 0 Å². The maximum Gasteiger partial charge on any atom is 0.343 e. The summed E-state index contributed by atoms with van der Waals surface area (Å²) in [6.07, 6.45) is -0.198. The third-order valence-electron chi connectivity index (χ3n) is 2.67. The van der Waals surface area contributed by atoms with Gasteiger partial charge in [0.2, 0.25) is 5.67 Å². The number of carbonyl (C=O) groups excluding carboxylic acids is 1. The lowest BCUT2D eigenvalue weighted by molar-refractivity contribution is -0.149. The molecule has 1 aromatic rings. The average molecular weight is 306 g/mol. The summed E-state index contributed by atoms with van der Waals surface area (Å²) in [5.74, 6) is -1.98. The van der Waals surface area contributed by atoms with Gasteiger partial charge in [-0.3, -0.25) is 4.79 Å². The van der Waals surface area contributed by atoms with Crippen molar-refractivity contribution < 1.29 is 23.5 Å². The van der Waals surface area contributed by atoms with E-state index in [0.717, 1.165) is 4.90 Å². The first-order valence-electron chi connectivity index (χ1n) is 4.89. The lowest BCUT2D eigenvalue weighted by Gasteiger charge is -2.16. The molecule has 0 spiro atoms. The molecule has 1 amide bonds. The second kappa shape index (κ2) is 4.14. The number of likely N-dealkylation sites (tertiary alicyclic amines) is 1. The Kier molecular flexibility index (Phi) is 2.94. The topological polar surface area (TPSA) is 70.8 Å². The predicted octanol–water partition coefficient (Wildman–Crippen LogP) is 1.68. The van der Waals surface area contributed by atoms with Gasteiger partial charge in [0.05, 0.1) is 6.54 Å². The lowest BCUT2D eigenvalue weighted by atomic mass is 10.1. The van der Waals surface area contributed by atoms with E-state index >= 15 is 0 Å². The summed E-state index contributed by atoms with van der Waals surface area (Å²) < 4.78 is 19.2. The summed E-state index contributed by atoms with van der Waals surface area (Å²) >= 11 is 3.05. The van der Waals surface area contributed by atoms with Crippen molar-refractivity contribution in [3.05, 3.63) is 22.6 Å². The highest BCUT2D eigenvalue weighted by Gasteiger charge is 2.47. The van der Waals surface area contributed by atoms with Gasteiger partial charge in [0.25, 0.3) is 5.91 Å². The molecule has 0 bridgehead atoms. The number of carbonyl (C=O) groups is 2. The van der Waals surface area contributed by atoms with Crippen molar-refractivity contribution in [3.63, 3.8) is 0 Å². The maximum atomic E-state index is 13.7. The highest BCUT2D eigenvalue weighted by Crippen LogP contribution is 2.27. The molecule has 1 aliphatic heterocycles. The molecular formula is C10H9BrFNO4. The summed E-state index contributed by atoms with van der Waals surface area (Å²) in [7, 11) is 0. The van der Waals surface area contributed by atoms with E-state index in [0.29, 0.717) is 4.67 Å². The van der Waals surface area contributed by atoms with Crippen molar-refractivity contribution in [2.45, 2.75) is 12.1 Å². The molecule has 0 aromatic carbocycles. The van der Waals surface area contributed by atoms with Gasteiger partial charge in [-0.25, -0.2) is 9.18 Å². The van der Waals surface area contributed by atoms with E-state index in [1.165, 1.54) is 6.07 Å². The SMILES string of the molecule is O=C(c1ccc(Br)o1)N1CCC(F)(C(=O)O)C1. The molecule has 1 saturated heterocycles. The predicted molar refractivity (Wildman–Crippen MR) is 58.4 cm³/mol. The number of carboxylic acids is 1. The molecule has 2 heterocycles. The zero-order valence-corrected chi connectivity index (χ0v) is 10.2. The molecule has 7 heteroatoms. The summed E-state index contributed by atoms with van der Waals surface area (Å²) in [5.41, 5.74) is -2.35. The number of furan rings is 1. The van der Waals surface area contributed by atoms with E-state index < -0.39 is 24.1 Å². The van der Waals surface area contributed by atoms with Crippen LogP contribution in [0.3, 0.4) is 0 Å². The van der Waals surface area contributed by atoms with E-state index in [-0.39, 0.29) is 18.7 Å². The summed E-state index contributed by atoms with van der Waals surface area (Å²) in [5, 5.41) is 8.70. The molecule has 1 unspecified atom stereocenters. The fourth-order valence-corrected chi connectivity index (χ4v) is 2.01. The van der Waals surface area contributed by atoms with Gasteiger partial charge in [0.15, 0.2) is 10.4 Å². The number of rotatable bonds is 2. The first kappa shape index (κ1) is 12.1. The van der Waals surface area contributed by atoms with Crippen LogP contribution in [0.25, 0.3) is 0 Å². The number of carboxylic acid groups (broad SMARTS) is 1. The molecule has 1 N–H and O–H groups in total. The molecule has 2 rings (SSSR count). The number of halogens is 2. The van der Waals surface area contributed by atoms with Crippen LogP contribution in [0.15, 0.2) is 21.2 Å². The Morgan fingerprint density at radius 3 is 2.71 bits per heavy atom. The number of nitrogens with zero attached hydrogens (tertiary/aromatic N) is 1. The first-order chi connectivity index (χ1) is 7.92. The van der Waals surface area contributed by atoms with E-state index in [2.05, 4.69) is 15.9 Å². The number of alkyl halides is 1. The van der Waals surface area contributed by atoms with Crippen molar-refractivity contribution in [3.8, 4) is 0 Å². The van der Waals surface area contributed by atoms with Gasteiger partial charge in [-0.2, -0.15) is 0 Å². The van der Waals surface area contributed by atoms with Crippen molar-refractivity contribution in [2.24, 2.45) is 0 Å². The minimum Gasteiger partial charge on any atom is -0.479 e. The molecule has 0 radical (unpaired) electrons. The van der Waals surface area contributed by atoms with Crippen LogP contribution in [-0.2, 0) is 4.79 Å². The van der Waals surface area contributed by atoms with E-state index in [1.807, 2.05) is 0 Å². The molecular weight excluding hydrogens is 297 g/mol. The van der Waals surface area contributed by atoms with Crippen LogP contribution < -0.4 is 0 Å². The number of amides is 1. The van der Waals surface area contributed by atoms with E-state index in [4.69, 9.17) is 9.52 Å². The summed E-state index contributed by atoms with van der Waals surface area (Å²) in [4.78, 5) is 23.6. The maximum absolute atomic E-state index is 13.7. The fourth-order valence-electron chi connectivity index (χ4n) is 1.71. The Balaban J connectivity index is 2.11. The Bertz CT molecular complexity index is 475. The molecule has 17 heavy (non-hydrogen) atoms. The van der Waals surface area contributed by atoms with E-state index in [9.17, 15) is 14.0 Å². The first-order valence-corrected chi connectivity index (χ1v) is 5.68. The van der Waals surface area contributed by atoms with Gasteiger partial charge in [-0.15, -0.1) is 0 Å². The minimum atomic E-state index is -2.35. The number of hydrogen-bond donors (Lipinski definition) is 1. The monoisotopic (exact) mass is 305 g/mol. The van der Waals surface area contributed by atoms with Crippen LogP contribution in [0.4, 0.5) is 4.39 Å². The molecule has 5 nitrogen and oxygen atoms in total. The van der Waals surface area contributed by atoms with Gasteiger partial charge in [0.1, 0.15) is 0 Å². The van der Waals surface area contributed by atoms with Gasteiger partial charge in [-0.1, -0.05) is 0 Å². The molecule has 0 aliphatic carbocycles. The standard InChI is InChI=1S/C10H9BrFNO4/c11-7-2-1-6(17-7)8(14)13-4-3-10(12,5-13)9(15)16/h1-2H,3-5H2,(H,15,16). The highest BCUT2D eigenvalue weighted by molar-refractivity contribution is 9.10. The van der Waals surface area contributed by atoms with E-state index in [1.54, 1.807) is 6.07 Å². The van der Waals surface area contributed by atoms with Gasteiger partial charge >= 0.3 is 5.97 Å². The molecule has 1 fully saturated rings. The van der Waals surface area contributed by atoms with Gasteiger partial charge < -0.3 is 14.4 Å². The molecule has 0 saturated carbocycles. The Morgan fingerprint density at radius 1 is 1.53 bits per heavy atom. The van der Waals surface area contributed by atoms with Gasteiger partial charge in [-0.05, 0) is 28.1 Å². The number of aliphatic carboxylic acids is 1. The van der Waals surface area contributed by atoms with Crippen LogP contribution in [0, 0.1) is 0 Å². The zero-order chi connectivity index (χ0) is 12.6. The molecule has 1 atom stereocenters. The van der Waals surface area contributed by atoms with Crippen LogP contribution in [-0.4, -0.2) is 40.6 Å². The Morgan fingerprint density at radius 2 is 2.24 bits per heavy atom. The summed E-state index contributed by atoms with van der Waals surface area (Å²) in [6, 6.07) is 2.99. The van der Waals surface area contributed by atoms with Crippen molar-refractivity contribution in [1.82, 2.24) is 4.90 Å². The molecule has 1 aromatic heterocycles. The Labute approximate surface area is 104 Å². The lowest BCUT2D eigenvalue weighted by Crippen LogP contribution is -2.38. The molecule has 1 aliphatic rings. The normalized spacial score (nSPS) is 24.0. The average Bonchev–Trinajstić information content (AvgIpc) is 2.85.